The molecule has 0 aliphatic rings. The molecule has 0 aliphatic heterocycles. The van der Waals surface area contributed by atoms with Crippen LogP contribution in [0, 0.1) is 0 Å². The van der Waals surface area contributed by atoms with Gasteiger partial charge >= 0.3 is 0 Å². The van der Waals surface area contributed by atoms with E-state index in [1.807, 2.05) is 41.2 Å². The van der Waals surface area contributed by atoms with Gasteiger partial charge in [0.05, 0.1) is 17.4 Å². The Morgan fingerprint density at radius 3 is 2.95 bits per heavy atom. The highest BCUT2D eigenvalue weighted by molar-refractivity contribution is 9.10. The second kappa shape index (κ2) is 5.95. The van der Waals surface area contributed by atoms with Crippen molar-refractivity contribution in [3.05, 3.63) is 58.5 Å². The van der Waals surface area contributed by atoms with Gasteiger partial charge < -0.3 is 5.11 Å². The van der Waals surface area contributed by atoms with Gasteiger partial charge in [0.15, 0.2) is 0 Å². The van der Waals surface area contributed by atoms with Gasteiger partial charge in [-0.25, -0.2) is 4.98 Å². The quantitative estimate of drug-likeness (QED) is 0.784. The van der Waals surface area contributed by atoms with E-state index in [1.54, 1.807) is 6.20 Å². The number of nitrogens with zero attached hydrogens (tertiary/aromatic N) is 3. The summed E-state index contributed by atoms with van der Waals surface area (Å²) in [6.07, 6.45) is 3.80. The molecule has 0 fully saturated rings. The third-order valence-electron chi connectivity index (χ3n) is 3.39. The number of aromatic nitrogens is 3. The molecule has 0 aliphatic carbocycles. The molecule has 4 nitrogen and oxygen atoms in total. The van der Waals surface area contributed by atoms with Crippen LogP contribution >= 0.6 is 15.9 Å². The molecule has 3 aromatic rings. The van der Waals surface area contributed by atoms with Crippen molar-refractivity contribution in [3.8, 4) is 0 Å². The molecule has 0 saturated heterocycles. The van der Waals surface area contributed by atoms with Gasteiger partial charge in [-0.05, 0) is 34.5 Å². The van der Waals surface area contributed by atoms with Crippen molar-refractivity contribution in [1.29, 1.82) is 0 Å². The zero-order valence-corrected chi connectivity index (χ0v) is 13.3. The summed E-state index contributed by atoms with van der Waals surface area (Å²) in [5.74, 6) is 0. The molecule has 1 aromatic carbocycles. The number of pyridine rings is 1. The molecule has 0 radical (unpaired) electrons. The van der Waals surface area contributed by atoms with Crippen molar-refractivity contribution < 1.29 is 5.11 Å². The second-order valence-corrected chi connectivity index (χ2v) is 5.84. The summed E-state index contributed by atoms with van der Waals surface area (Å²) >= 11 is 3.50. The van der Waals surface area contributed by atoms with Gasteiger partial charge in [-0.1, -0.05) is 25.1 Å². The van der Waals surface area contributed by atoms with E-state index in [4.69, 9.17) is 0 Å². The molecule has 3 rings (SSSR count). The van der Waals surface area contributed by atoms with E-state index in [0.717, 1.165) is 33.9 Å². The van der Waals surface area contributed by atoms with Crippen molar-refractivity contribution in [1.82, 2.24) is 14.8 Å². The number of aryl methyl sites for hydroxylation is 1. The van der Waals surface area contributed by atoms with Gasteiger partial charge in [-0.15, -0.1) is 0 Å². The van der Waals surface area contributed by atoms with Gasteiger partial charge in [-0.2, -0.15) is 5.10 Å². The summed E-state index contributed by atoms with van der Waals surface area (Å²) in [5.41, 5.74) is 2.24. The first-order valence-electron chi connectivity index (χ1n) is 6.94. The Morgan fingerprint density at radius 2 is 2.14 bits per heavy atom. The van der Waals surface area contributed by atoms with Crippen LogP contribution in [-0.2, 0) is 6.54 Å². The molecule has 0 amide bonds. The van der Waals surface area contributed by atoms with Crippen LogP contribution in [0.1, 0.15) is 30.7 Å². The molecule has 1 N–H and O–H groups in total. The van der Waals surface area contributed by atoms with Gasteiger partial charge in [0, 0.05) is 28.2 Å². The number of hydrogen-bond acceptors (Lipinski definition) is 3. The molecule has 2 heterocycles. The standard InChI is InChI=1S/C16H16BrN3O/c1-2-7-20-10-12(9-18-20)16(21)15-13(17)8-11-5-3-4-6-14(11)19-15/h3-6,8-10,16,21H,2,7H2,1H3. The minimum absolute atomic E-state index is 0.616. The van der Waals surface area contributed by atoms with Crippen LogP contribution in [0.25, 0.3) is 10.9 Å². The largest absolute Gasteiger partial charge is 0.382 e. The van der Waals surface area contributed by atoms with Crippen LogP contribution in [0.15, 0.2) is 47.2 Å². The topological polar surface area (TPSA) is 50.9 Å². The van der Waals surface area contributed by atoms with E-state index in [9.17, 15) is 5.11 Å². The lowest BCUT2D eigenvalue weighted by atomic mass is 10.1. The number of aliphatic hydroxyl groups excluding tert-OH is 1. The van der Waals surface area contributed by atoms with Crippen molar-refractivity contribution in [2.75, 3.05) is 0 Å². The maximum atomic E-state index is 10.6. The Morgan fingerprint density at radius 1 is 1.33 bits per heavy atom. The molecule has 21 heavy (non-hydrogen) atoms. The van der Waals surface area contributed by atoms with Crippen molar-refractivity contribution in [2.45, 2.75) is 26.0 Å². The lowest BCUT2D eigenvalue weighted by Crippen LogP contribution is -2.03. The Kier molecular flexibility index (Phi) is 4.03. The zero-order chi connectivity index (χ0) is 14.8. The van der Waals surface area contributed by atoms with Crippen LogP contribution in [0.2, 0.25) is 0 Å². The summed E-state index contributed by atoms with van der Waals surface area (Å²) in [6, 6.07) is 9.85. The summed E-state index contributed by atoms with van der Waals surface area (Å²) in [6.45, 7) is 2.94. The first kappa shape index (κ1) is 14.2. The highest BCUT2D eigenvalue weighted by atomic mass is 79.9. The molecule has 108 valence electrons. The summed E-state index contributed by atoms with van der Waals surface area (Å²) in [7, 11) is 0. The SMILES string of the molecule is CCCn1cc(C(O)c2nc3ccccc3cc2Br)cn1. The third kappa shape index (κ3) is 2.84. The number of hydrogen-bond donors (Lipinski definition) is 1. The Hall–Kier alpha value is -1.72. The first-order chi connectivity index (χ1) is 10.2. The van der Waals surface area contributed by atoms with E-state index in [-0.39, 0.29) is 0 Å². The molecule has 0 spiro atoms. The normalized spacial score (nSPS) is 12.7. The number of para-hydroxylation sites is 1. The molecular weight excluding hydrogens is 330 g/mol. The molecule has 0 saturated carbocycles. The first-order valence-corrected chi connectivity index (χ1v) is 7.74. The highest BCUT2D eigenvalue weighted by Crippen LogP contribution is 2.29. The Labute approximate surface area is 131 Å². The number of benzene rings is 1. The predicted molar refractivity (Wildman–Crippen MR) is 86.0 cm³/mol. The maximum absolute atomic E-state index is 10.6. The molecule has 1 unspecified atom stereocenters. The van der Waals surface area contributed by atoms with Crippen LogP contribution in [-0.4, -0.2) is 19.9 Å². The fraction of sp³-hybridized carbons (Fsp3) is 0.250. The van der Waals surface area contributed by atoms with Crippen LogP contribution in [0.4, 0.5) is 0 Å². The van der Waals surface area contributed by atoms with Gasteiger partial charge in [0.25, 0.3) is 0 Å². The minimum Gasteiger partial charge on any atom is -0.382 e. The monoisotopic (exact) mass is 345 g/mol. The average molecular weight is 346 g/mol. The Bertz CT molecular complexity index is 769. The number of rotatable bonds is 4. The van der Waals surface area contributed by atoms with E-state index in [1.165, 1.54) is 0 Å². The van der Waals surface area contributed by atoms with Gasteiger partial charge in [0.1, 0.15) is 6.10 Å². The van der Waals surface area contributed by atoms with Crippen LogP contribution in [0.5, 0.6) is 0 Å². The van der Waals surface area contributed by atoms with Gasteiger partial charge in [0.2, 0.25) is 0 Å². The second-order valence-electron chi connectivity index (χ2n) is 4.99. The van der Waals surface area contributed by atoms with E-state index in [2.05, 4.69) is 32.9 Å². The van der Waals surface area contributed by atoms with E-state index >= 15 is 0 Å². The smallest absolute Gasteiger partial charge is 0.125 e. The fourth-order valence-corrected chi connectivity index (χ4v) is 2.88. The van der Waals surface area contributed by atoms with Crippen molar-refractivity contribution in [2.24, 2.45) is 0 Å². The van der Waals surface area contributed by atoms with Gasteiger partial charge in [-0.3, -0.25) is 4.68 Å². The maximum Gasteiger partial charge on any atom is 0.125 e. The molecule has 1 atom stereocenters. The lowest BCUT2D eigenvalue weighted by Gasteiger charge is -2.11. The zero-order valence-electron chi connectivity index (χ0n) is 11.7. The summed E-state index contributed by atoms with van der Waals surface area (Å²) in [5, 5.41) is 15.9. The number of halogens is 1. The highest BCUT2D eigenvalue weighted by Gasteiger charge is 2.18. The van der Waals surface area contributed by atoms with E-state index < -0.39 is 6.10 Å². The number of fused-ring (bicyclic) bond motifs is 1. The Balaban J connectivity index is 1.99. The molecular formula is C16H16BrN3O. The summed E-state index contributed by atoms with van der Waals surface area (Å²) < 4.78 is 2.64. The lowest BCUT2D eigenvalue weighted by molar-refractivity contribution is 0.215. The molecule has 0 bridgehead atoms. The average Bonchev–Trinajstić information content (AvgIpc) is 2.95. The minimum atomic E-state index is -0.783. The summed E-state index contributed by atoms with van der Waals surface area (Å²) in [4.78, 5) is 4.57. The van der Waals surface area contributed by atoms with E-state index in [0.29, 0.717) is 5.69 Å². The molecule has 2 aromatic heterocycles. The van der Waals surface area contributed by atoms with Crippen molar-refractivity contribution >= 4 is 26.8 Å². The van der Waals surface area contributed by atoms with Crippen LogP contribution in [0.3, 0.4) is 0 Å². The van der Waals surface area contributed by atoms with Crippen molar-refractivity contribution in [3.63, 3.8) is 0 Å². The predicted octanol–water partition coefficient (Wildman–Crippen LogP) is 3.69. The third-order valence-corrected chi connectivity index (χ3v) is 4.02. The molecule has 5 heteroatoms. The number of aliphatic hydroxyl groups is 1. The fourth-order valence-electron chi connectivity index (χ4n) is 2.33. The van der Waals surface area contributed by atoms with Crippen LogP contribution < -0.4 is 0 Å².